The topological polar surface area (TPSA) is 66.5 Å². The van der Waals surface area contributed by atoms with Crippen LogP contribution in [0.5, 0.6) is 0 Å². The summed E-state index contributed by atoms with van der Waals surface area (Å²) in [5, 5.41) is 2.16. The lowest BCUT2D eigenvalue weighted by molar-refractivity contribution is -0.147. The van der Waals surface area contributed by atoms with Gasteiger partial charge in [0.25, 0.3) is 0 Å². The number of rotatable bonds is 3. The standard InChI is InChI=1S/C16H20N2O3S/c1-9-5-6-13(10(2)7-9)17-14(19)8-18-15(20)11(3)22-12(4)16(18)21/h5-7,11-12H,8H2,1-4H3,(H,17,19)/t11-,12-/m1/s1. The third-order valence-corrected chi connectivity index (χ3v) is 4.81. The van der Waals surface area contributed by atoms with Crippen molar-refractivity contribution < 1.29 is 14.4 Å². The van der Waals surface area contributed by atoms with Crippen LogP contribution in [0.15, 0.2) is 18.2 Å². The van der Waals surface area contributed by atoms with Crippen LogP contribution in [-0.2, 0) is 14.4 Å². The molecule has 1 aromatic carbocycles. The number of amides is 3. The fraction of sp³-hybridized carbons (Fsp3) is 0.438. The van der Waals surface area contributed by atoms with Gasteiger partial charge in [0.1, 0.15) is 6.54 Å². The first kappa shape index (κ1) is 16.5. The Labute approximate surface area is 134 Å². The van der Waals surface area contributed by atoms with Gasteiger partial charge >= 0.3 is 0 Å². The van der Waals surface area contributed by atoms with E-state index in [9.17, 15) is 14.4 Å². The fourth-order valence-electron chi connectivity index (χ4n) is 2.41. The van der Waals surface area contributed by atoms with Crippen molar-refractivity contribution in [2.24, 2.45) is 0 Å². The highest BCUT2D eigenvalue weighted by Crippen LogP contribution is 2.27. The van der Waals surface area contributed by atoms with E-state index in [-0.39, 0.29) is 34.8 Å². The molecule has 6 heteroatoms. The summed E-state index contributed by atoms with van der Waals surface area (Å²) in [6, 6.07) is 5.69. The largest absolute Gasteiger partial charge is 0.324 e. The Bertz CT molecular complexity index is 610. The highest BCUT2D eigenvalue weighted by atomic mass is 32.2. The first-order valence-electron chi connectivity index (χ1n) is 7.17. The van der Waals surface area contributed by atoms with Crippen LogP contribution in [0, 0.1) is 13.8 Å². The third kappa shape index (κ3) is 3.50. The Morgan fingerprint density at radius 2 is 1.77 bits per heavy atom. The number of carbonyl (C=O) groups is 3. The third-order valence-electron chi connectivity index (χ3n) is 3.59. The van der Waals surface area contributed by atoms with Crippen molar-refractivity contribution >= 4 is 35.2 Å². The SMILES string of the molecule is Cc1ccc(NC(=O)CN2C(=O)[C@@H](C)S[C@H](C)C2=O)c(C)c1. The molecular formula is C16H20N2O3S. The average Bonchev–Trinajstić information content (AvgIpc) is 2.44. The molecule has 1 N–H and O–H groups in total. The molecule has 0 radical (unpaired) electrons. The van der Waals surface area contributed by atoms with Crippen molar-refractivity contribution in [3.8, 4) is 0 Å². The summed E-state index contributed by atoms with van der Waals surface area (Å²) in [5.41, 5.74) is 2.75. The van der Waals surface area contributed by atoms with E-state index in [0.717, 1.165) is 16.0 Å². The van der Waals surface area contributed by atoms with Crippen LogP contribution in [0.25, 0.3) is 0 Å². The molecule has 2 rings (SSSR count). The van der Waals surface area contributed by atoms with Crippen molar-refractivity contribution in [2.45, 2.75) is 38.2 Å². The quantitative estimate of drug-likeness (QED) is 0.866. The first-order chi connectivity index (χ1) is 10.3. The van der Waals surface area contributed by atoms with Gasteiger partial charge in [-0.3, -0.25) is 19.3 Å². The lowest BCUT2D eigenvalue weighted by Gasteiger charge is -2.31. The maximum atomic E-state index is 12.2. The van der Waals surface area contributed by atoms with Gasteiger partial charge < -0.3 is 5.32 Å². The molecule has 1 aliphatic rings. The Morgan fingerprint density at radius 3 is 2.32 bits per heavy atom. The van der Waals surface area contributed by atoms with Crippen LogP contribution in [0.4, 0.5) is 5.69 Å². The molecule has 0 aromatic heterocycles. The summed E-state index contributed by atoms with van der Waals surface area (Å²) >= 11 is 1.32. The van der Waals surface area contributed by atoms with E-state index < -0.39 is 0 Å². The van der Waals surface area contributed by atoms with Crippen molar-refractivity contribution in [1.82, 2.24) is 4.90 Å². The Kier molecular flexibility index (Phi) is 4.90. The second kappa shape index (κ2) is 6.52. The van der Waals surface area contributed by atoms with Gasteiger partial charge in [0.2, 0.25) is 17.7 Å². The van der Waals surface area contributed by atoms with Gasteiger partial charge in [0, 0.05) is 5.69 Å². The monoisotopic (exact) mass is 320 g/mol. The zero-order chi connectivity index (χ0) is 16.4. The number of nitrogens with one attached hydrogen (secondary N) is 1. The normalized spacial score (nSPS) is 21.9. The molecule has 1 saturated heterocycles. The van der Waals surface area contributed by atoms with E-state index in [1.165, 1.54) is 11.8 Å². The molecule has 22 heavy (non-hydrogen) atoms. The molecule has 118 valence electrons. The van der Waals surface area contributed by atoms with Crippen molar-refractivity contribution in [3.05, 3.63) is 29.3 Å². The molecular weight excluding hydrogens is 300 g/mol. The molecule has 1 fully saturated rings. The minimum Gasteiger partial charge on any atom is -0.324 e. The molecule has 1 heterocycles. The highest BCUT2D eigenvalue weighted by Gasteiger charge is 2.37. The van der Waals surface area contributed by atoms with Crippen LogP contribution in [0.2, 0.25) is 0 Å². The highest BCUT2D eigenvalue weighted by molar-refractivity contribution is 8.02. The molecule has 0 spiro atoms. The molecule has 1 aliphatic heterocycles. The summed E-state index contributed by atoms with van der Waals surface area (Å²) in [6.45, 7) is 7.15. The summed E-state index contributed by atoms with van der Waals surface area (Å²) in [7, 11) is 0. The number of carbonyl (C=O) groups excluding carboxylic acids is 3. The summed E-state index contributed by atoms with van der Waals surface area (Å²) in [4.78, 5) is 37.4. The zero-order valence-electron chi connectivity index (χ0n) is 13.2. The second-order valence-electron chi connectivity index (χ2n) is 5.55. The average molecular weight is 320 g/mol. The Balaban J connectivity index is 2.07. The van der Waals surface area contributed by atoms with E-state index in [0.29, 0.717) is 5.69 Å². The number of hydrogen-bond acceptors (Lipinski definition) is 4. The van der Waals surface area contributed by atoms with Crippen LogP contribution < -0.4 is 5.32 Å². The van der Waals surface area contributed by atoms with Crippen LogP contribution in [-0.4, -0.2) is 39.7 Å². The second-order valence-corrected chi connectivity index (χ2v) is 7.24. The van der Waals surface area contributed by atoms with Gasteiger partial charge in [0.15, 0.2) is 0 Å². The number of thioether (sulfide) groups is 1. The van der Waals surface area contributed by atoms with Gasteiger partial charge in [0.05, 0.1) is 10.5 Å². The zero-order valence-corrected chi connectivity index (χ0v) is 14.0. The number of benzene rings is 1. The number of anilines is 1. The lowest BCUT2D eigenvalue weighted by Crippen LogP contribution is -2.52. The molecule has 3 amide bonds. The van der Waals surface area contributed by atoms with E-state index >= 15 is 0 Å². The Hall–Kier alpha value is -1.82. The smallest absolute Gasteiger partial charge is 0.244 e. The minimum atomic E-state index is -0.361. The number of hydrogen-bond donors (Lipinski definition) is 1. The molecule has 0 unspecified atom stereocenters. The first-order valence-corrected chi connectivity index (χ1v) is 8.11. The maximum Gasteiger partial charge on any atom is 0.244 e. The van der Waals surface area contributed by atoms with Gasteiger partial charge in [-0.05, 0) is 39.3 Å². The number of aryl methyl sites for hydroxylation is 2. The molecule has 0 aliphatic carbocycles. The molecule has 0 bridgehead atoms. The minimum absolute atomic E-state index is 0.236. The predicted molar refractivity (Wildman–Crippen MR) is 87.8 cm³/mol. The summed E-state index contributed by atoms with van der Waals surface area (Å²) < 4.78 is 0. The van der Waals surface area contributed by atoms with E-state index in [2.05, 4.69) is 5.32 Å². The molecule has 5 nitrogen and oxygen atoms in total. The summed E-state index contributed by atoms with van der Waals surface area (Å²) in [6.07, 6.45) is 0. The van der Waals surface area contributed by atoms with Crippen molar-refractivity contribution in [3.63, 3.8) is 0 Å². The van der Waals surface area contributed by atoms with Gasteiger partial charge in [-0.1, -0.05) is 17.7 Å². The molecule has 0 saturated carbocycles. The summed E-state index contributed by atoms with van der Waals surface area (Å²) in [5.74, 6) is -0.965. The number of imide groups is 1. The van der Waals surface area contributed by atoms with Gasteiger partial charge in [-0.2, -0.15) is 0 Å². The van der Waals surface area contributed by atoms with Crippen LogP contribution >= 0.6 is 11.8 Å². The Morgan fingerprint density at radius 1 is 1.18 bits per heavy atom. The van der Waals surface area contributed by atoms with Crippen LogP contribution in [0.3, 0.4) is 0 Å². The fourth-order valence-corrected chi connectivity index (χ4v) is 3.51. The molecule has 2 atom stereocenters. The predicted octanol–water partition coefficient (Wildman–Crippen LogP) is 2.12. The van der Waals surface area contributed by atoms with Crippen LogP contribution in [0.1, 0.15) is 25.0 Å². The van der Waals surface area contributed by atoms with E-state index in [1.807, 2.05) is 32.0 Å². The van der Waals surface area contributed by atoms with E-state index in [4.69, 9.17) is 0 Å². The van der Waals surface area contributed by atoms with E-state index in [1.54, 1.807) is 13.8 Å². The van der Waals surface area contributed by atoms with Gasteiger partial charge in [-0.15, -0.1) is 11.8 Å². The van der Waals surface area contributed by atoms with Crippen molar-refractivity contribution in [2.75, 3.05) is 11.9 Å². The molecule has 1 aromatic rings. The van der Waals surface area contributed by atoms with Crippen molar-refractivity contribution in [1.29, 1.82) is 0 Å². The lowest BCUT2D eigenvalue weighted by atomic mass is 10.1. The number of nitrogens with zero attached hydrogens (tertiary/aromatic N) is 1. The maximum absolute atomic E-state index is 12.2. The van der Waals surface area contributed by atoms with Gasteiger partial charge in [-0.25, -0.2) is 0 Å².